The highest BCUT2D eigenvalue weighted by Crippen LogP contribution is 2.14. The molecule has 0 saturated carbocycles. The zero-order valence-electron chi connectivity index (χ0n) is 12.6. The molecule has 0 aliphatic carbocycles. The van der Waals surface area contributed by atoms with Gasteiger partial charge in [-0.05, 0) is 31.8 Å². The van der Waals surface area contributed by atoms with Gasteiger partial charge in [-0.2, -0.15) is 0 Å². The van der Waals surface area contributed by atoms with Crippen LogP contribution in [0.4, 0.5) is 0 Å². The van der Waals surface area contributed by atoms with Crippen molar-refractivity contribution in [2.24, 2.45) is 0 Å². The number of ether oxygens (including phenoxy) is 1. The summed E-state index contributed by atoms with van der Waals surface area (Å²) in [4.78, 5) is 11.9. The molecule has 7 heteroatoms. The molecule has 0 bridgehead atoms. The van der Waals surface area contributed by atoms with Crippen LogP contribution in [0.15, 0.2) is 36.3 Å². The third kappa shape index (κ3) is 7.17. The monoisotopic (exact) mass is 294 g/mol. The quantitative estimate of drug-likeness (QED) is 0.402. The lowest BCUT2D eigenvalue weighted by Crippen LogP contribution is -2.28. The summed E-state index contributed by atoms with van der Waals surface area (Å²) >= 11 is 0. The molecule has 0 amide bonds. The second kappa shape index (κ2) is 8.80. The summed E-state index contributed by atoms with van der Waals surface area (Å²) in [7, 11) is 5.64. The fourth-order valence-electron chi connectivity index (χ4n) is 1.76. The molecule has 7 nitrogen and oxygen atoms in total. The van der Waals surface area contributed by atoms with Crippen molar-refractivity contribution < 1.29 is 9.66 Å². The van der Waals surface area contributed by atoms with Crippen LogP contribution in [0.25, 0.3) is 0 Å². The molecule has 0 atom stereocenters. The van der Waals surface area contributed by atoms with Crippen LogP contribution in [0.1, 0.15) is 5.56 Å². The Balaban J connectivity index is 2.40. The minimum Gasteiger partial charge on any atom is -0.492 e. The summed E-state index contributed by atoms with van der Waals surface area (Å²) in [6, 6.07) is 7.88. The Morgan fingerprint density at radius 2 is 2.24 bits per heavy atom. The zero-order valence-corrected chi connectivity index (χ0v) is 12.6. The van der Waals surface area contributed by atoms with Gasteiger partial charge in [0.25, 0.3) is 6.20 Å². The number of hydrogen-bond donors (Lipinski definition) is 2. The summed E-state index contributed by atoms with van der Waals surface area (Å²) in [6.07, 6.45) is 0.887. The maximum Gasteiger partial charge on any atom is 0.274 e. The van der Waals surface area contributed by atoms with Crippen molar-refractivity contribution in [2.75, 3.05) is 34.3 Å². The van der Waals surface area contributed by atoms with E-state index in [9.17, 15) is 10.1 Å². The van der Waals surface area contributed by atoms with Gasteiger partial charge < -0.3 is 20.3 Å². The molecule has 0 heterocycles. The molecular formula is C14H22N4O3. The largest absolute Gasteiger partial charge is 0.492 e. The van der Waals surface area contributed by atoms with Crippen LogP contribution in [-0.2, 0) is 6.54 Å². The molecule has 0 aliphatic heterocycles. The van der Waals surface area contributed by atoms with Gasteiger partial charge in [-0.25, -0.2) is 0 Å². The van der Waals surface area contributed by atoms with Crippen molar-refractivity contribution >= 4 is 0 Å². The predicted octanol–water partition coefficient (Wildman–Crippen LogP) is 1.01. The Kier molecular flexibility index (Phi) is 7.03. The van der Waals surface area contributed by atoms with Crippen LogP contribution in [0.3, 0.4) is 0 Å². The smallest absolute Gasteiger partial charge is 0.274 e. The first-order valence-corrected chi connectivity index (χ1v) is 6.64. The number of benzene rings is 1. The van der Waals surface area contributed by atoms with Gasteiger partial charge in [0.05, 0.1) is 11.5 Å². The van der Waals surface area contributed by atoms with Crippen LogP contribution in [0.2, 0.25) is 0 Å². The van der Waals surface area contributed by atoms with Gasteiger partial charge in [0.2, 0.25) is 0 Å². The van der Waals surface area contributed by atoms with Crippen molar-refractivity contribution in [3.8, 4) is 5.75 Å². The first-order chi connectivity index (χ1) is 10.0. The van der Waals surface area contributed by atoms with Crippen molar-refractivity contribution in [1.82, 2.24) is 15.5 Å². The second-order valence-electron chi connectivity index (χ2n) is 4.74. The molecule has 0 aromatic heterocycles. The maximum absolute atomic E-state index is 10.4. The predicted molar refractivity (Wildman–Crippen MR) is 81.5 cm³/mol. The van der Waals surface area contributed by atoms with E-state index in [1.54, 1.807) is 7.05 Å². The molecule has 0 aliphatic rings. The maximum atomic E-state index is 10.4. The molecule has 0 fully saturated rings. The van der Waals surface area contributed by atoms with Crippen molar-refractivity contribution in [1.29, 1.82) is 0 Å². The number of hydrogen-bond acceptors (Lipinski definition) is 6. The van der Waals surface area contributed by atoms with E-state index >= 15 is 0 Å². The van der Waals surface area contributed by atoms with Gasteiger partial charge in [-0.15, -0.1) is 0 Å². The Morgan fingerprint density at radius 1 is 1.48 bits per heavy atom. The highest BCUT2D eigenvalue weighted by Gasteiger charge is 2.01. The topological polar surface area (TPSA) is 79.7 Å². The van der Waals surface area contributed by atoms with Gasteiger partial charge in [0.15, 0.2) is 5.82 Å². The minimum atomic E-state index is -0.510. The van der Waals surface area contributed by atoms with E-state index in [4.69, 9.17) is 4.74 Å². The van der Waals surface area contributed by atoms with Crippen molar-refractivity contribution in [3.63, 3.8) is 0 Å². The minimum absolute atomic E-state index is 0.352. The Hall–Kier alpha value is -2.28. The molecule has 2 N–H and O–H groups in total. The van der Waals surface area contributed by atoms with Gasteiger partial charge >= 0.3 is 0 Å². The van der Waals surface area contributed by atoms with Gasteiger partial charge in [0, 0.05) is 13.6 Å². The van der Waals surface area contributed by atoms with Crippen LogP contribution >= 0.6 is 0 Å². The molecule has 0 spiro atoms. The zero-order chi connectivity index (χ0) is 15.7. The molecule has 116 valence electrons. The van der Waals surface area contributed by atoms with E-state index in [-0.39, 0.29) is 0 Å². The van der Waals surface area contributed by atoms with E-state index in [1.807, 2.05) is 38.4 Å². The van der Waals surface area contributed by atoms with Crippen LogP contribution in [-0.4, -0.2) is 44.1 Å². The van der Waals surface area contributed by atoms with E-state index in [0.29, 0.717) is 19.0 Å². The molecule has 1 aromatic rings. The van der Waals surface area contributed by atoms with Gasteiger partial charge in [0.1, 0.15) is 12.4 Å². The molecular weight excluding hydrogens is 272 g/mol. The fraction of sp³-hybridized carbons (Fsp3) is 0.429. The molecule has 1 aromatic carbocycles. The summed E-state index contributed by atoms with van der Waals surface area (Å²) in [5.41, 5.74) is 1.18. The van der Waals surface area contributed by atoms with E-state index in [1.165, 1.54) is 5.56 Å². The highest BCUT2D eigenvalue weighted by molar-refractivity contribution is 5.28. The van der Waals surface area contributed by atoms with Gasteiger partial charge in [-0.3, -0.25) is 10.1 Å². The number of rotatable bonds is 9. The van der Waals surface area contributed by atoms with Crippen LogP contribution in [0, 0.1) is 10.1 Å². The number of nitrogens with zero attached hydrogens (tertiary/aromatic N) is 2. The summed E-state index contributed by atoms with van der Waals surface area (Å²) < 4.78 is 5.62. The Morgan fingerprint density at radius 3 is 2.86 bits per heavy atom. The molecule has 0 unspecified atom stereocenters. The van der Waals surface area contributed by atoms with Crippen LogP contribution in [0.5, 0.6) is 5.75 Å². The average molecular weight is 294 g/mol. The van der Waals surface area contributed by atoms with E-state index in [2.05, 4.69) is 15.5 Å². The lowest BCUT2D eigenvalue weighted by molar-refractivity contribution is -0.404. The van der Waals surface area contributed by atoms with E-state index < -0.39 is 4.92 Å². The standard InChI is InChI=1S/C14H22N4O3/c1-15-14(11-18(19)20)16-7-8-21-13-6-4-5-12(9-13)10-17(2)3/h4-6,9,11,15-16H,7-8,10H2,1-3H3/b14-11+. The number of nitro groups is 1. The molecule has 0 saturated heterocycles. The Labute approximate surface area is 124 Å². The first kappa shape index (κ1) is 16.8. The van der Waals surface area contributed by atoms with Crippen molar-refractivity contribution in [2.45, 2.75) is 6.54 Å². The second-order valence-corrected chi connectivity index (χ2v) is 4.74. The molecule has 0 radical (unpaired) electrons. The first-order valence-electron chi connectivity index (χ1n) is 6.64. The molecule has 21 heavy (non-hydrogen) atoms. The third-order valence-corrected chi connectivity index (χ3v) is 2.59. The lowest BCUT2D eigenvalue weighted by Gasteiger charge is -2.12. The SMILES string of the molecule is CN/C(=C\[N+](=O)[O-])NCCOc1cccc(CN(C)C)c1. The van der Waals surface area contributed by atoms with Crippen LogP contribution < -0.4 is 15.4 Å². The summed E-state index contributed by atoms with van der Waals surface area (Å²) in [5, 5.41) is 16.0. The Bertz CT molecular complexity index is 489. The summed E-state index contributed by atoms with van der Waals surface area (Å²) in [6.45, 7) is 1.74. The molecule has 1 rings (SSSR count). The normalized spacial score (nSPS) is 11.3. The fourth-order valence-corrected chi connectivity index (χ4v) is 1.76. The third-order valence-electron chi connectivity index (χ3n) is 2.59. The number of nitrogens with one attached hydrogen (secondary N) is 2. The lowest BCUT2D eigenvalue weighted by atomic mass is 10.2. The average Bonchev–Trinajstić information content (AvgIpc) is 2.41. The summed E-state index contributed by atoms with van der Waals surface area (Å²) in [5.74, 6) is 1.14. The van der Waals surface area contributed by atoms with Gasteiger partial charge in [-0.1, -0.05) is 12.1 Å². The van der Waals surface area contributed by atoms with E-state index in [0.717, 1.165) is 18.5 Å². The van der Waals surface area contributed by atoms with Crippen molar-refractivity contribution in [3.05, 3.63) is 52.0 Å². The highest BCUT2D eigenvalue weighted by atomic mass is 16.6.